The number of guanidine groups is 1. The average Bonchev–Trinajstić information content (AvgIpc) is 2.84. The second-order valence-corrected chi connectivity index (χ2v) is 7.13. The maximum absolute atomic E-state index is 12.3. The van der Waals surface area contributed by atoms with E-state index in [2.05, 4.69) is 37.6 Å². The number of piperazine rings is 1. The highest BCUT2D eigenvalue weighted by atomic mass is 127. The maximum Gasteiger partial charge on any atom is 0.251 e. The molecule has 2 aromatic rings. The third-order valence-corrected chi connectivity index (χ3v) is 5.25. The maximum atomic E-state index is 12.3. The van der Waals surface area contributed by atoms with Gasteiger partial charge in [-0.05, 0) is 42.5 Å². The lowest BCUT2D eigenvalue weighted by Gasteiger charge is -2.37. The first-order valence-corrected chi connectivity index (χ1v) is 10.4. The van der Waals surface area contributed by atoms with Gasteiger partial charge in [-0.3, -0.25) is 9.79 Å². The van der Waals surface area contributed by atoms with Crippen molar-refractivity contribution in [2.75, 3.05) is 65.4 Å². The van der Waals surface area contributed by atoms with Crippen molar-refractivity contribution < 1.29 is 14.3 Å². The van der Waals surface area contributed by atoms with E-state index < -0.39 is 0 Å². The molecule has 0 spiro atoms. The zero-order valence-corrected chi connectivity index (χ0v) is 21.2. The Morgan fingerprint density at radius 2 is 1.59 bits per heavy atom. The fourth-order valence-corrected chi connectivity index (χ4v) is 3.52. The fraction of sp³-hybridized carbons (Fsp3) is 0.391. The van der Waals surface area contributed by atoms with Gasteiger partial charge < -0.3 is 29.9 Å². The van der Waals surface area contributed by atoms with E-state index in [9.17, 15) is 4.79 Å². The molecule has 1 fully saturated rings. The summed E-state index contributed by atoms with van der Waals surface area (Å²) >= 11 is 0. The van der Waals surface area contributed by atoms with Crippen LogP contribution in [-0.4, -0.2) is 77.3 Å². The number of amides is 1. The van der Waals surface area contributed by atoms with E-state index >= 15 is 0 Å². The number of anilines is 1. The van der Waals surface area contributed by atoms with Crippen LogP contribution in [0, 0.1) is 0 Å². The SMILES string of the molecule is CN=C(NCCNC(=O)c1cccc(OC)c1)N1CCN(c2ccc(OC)cc2)CC1.I. The summed E-state index contributed by atoms with van der Waals surface area (Å²) in [6, 6.07) is 15.3. The molecule has 0 saturated carbocycles. The lowest BCUT2D eigenvalue weighted by molar-refractivity contribution is 0.0954. The number of aliphatic imine (C=N–C) groups is 1. The molecule has 3 rings (SSSR count). The van der Waals surface area contributed by atoms with E-state index in [1.165, 1.54) is 5.69 Å². The number of ether oxygens (including phenoxy) is 2. The summed E-state index contributed by atoms with van der Waals surface area (Å²) in [6.45, 7) is 4.69. The van der Waals surface area contributed by atoms with Crippen molar-refractivity contribution in [2.24, 2.45) is 4.99 Å². The van der Waals surface area contributed by atoms with E-state index in [4.69, 9.17) is 9.47 Å². The summed E-state index contributed by atoms with van der Waals surface area (Å²) in [5.74, 6) is 2.26. The highest BCUT2D eigenvalue weighted by Gasteiger charge is 2.19. The van der Waals surface area contributed by atoms with Crippen LogP contribution in [0.3, 0.4) is 0 Å². The van der Waals surface area contributed by atoms with E-state index in [1.807, 2.05) is 18.2 Å². The summed E-state index contributed by atoms with van der Waals surface area (Å²) < 4.78 is 10.4. The molecule has 0 unspecified atom stereocenters. The largest absolute Gasteiger partial charge is 0.497 e. The van der Waals surface area contributed by atoms with Crippen LogP contribution in [0.15, 0.2) is 53.5 Å². The Hall–Kier alpha value is -2.69. The topological polar surface area (TPSA) is 78.4 Å². The van der Waals surface area contributed by atoms with Crippen LogP contribution in [0.4, 0.5) is 5.69 Å². The van der Waals surface area contributed by atoms with E-state index in [0.29, 0.717) is 24.4 Å². The number of halogens is 1. The molecule has 174 valence electrons. The summed E-state index contributed by atoms with van der Waals surface area (Å²) in [5.41, 5.74) is 1.78. The number of carbonyl (C=O) groups excluding carboxylic acids is 1. The molecule has 0 bridgehead atoms. The molecular formula is C23H32IN5O3. The molecule has 0 radical (unpaired) electrons. The van der Waals surface area contributed by atoms with Crippen molar-refractivity contribution in [3.63, 3.8) is 0 Å². The van der Waals surface area contributed by atoms with E-state index in [-0.39, 0.29) is 29.9 Å². The molecule has 2 N–H and O–H groups in total. The van der Waals surface area contributed by atoms with Gasteiger partial charge in [0.2, 0.25) is 0 Å². The lowest BCUT2D eigenvalue weighted by atomic mass is 10.2. The Balaban J connectivity index is 0.00000363. The minimum atomic E-state index is -0.121. The first kappa shape index (κ1) is 25.6. The molecule has 0 aliphatic carbocycles. The smallest absolute Gasteiger partial charge is 0.251 e. The van der Waals surface area contributed by atoms with Gasteiger partial charge in [-0.1, -0.05) is 6.07 Å². The molecule has 1 aliphatic rings. The van der Waals surface area contributed by atoms with Crippen molar-refractivity contribution in [1.29, 1.82) is 0 Å². The minimum Gasteiger partial charge on any atom is -0.497 e. The highest BCUT2D eigenvalue weighted by molar-refractivity contribution is 14.0. The normalized spacial score (nSPS) is 13.8. The number of hydrogen-bond acceptors (Lipinski definition) is 5. The summed E-state index contributed by atoms with van der Waals surface area (Å²) in [6.07, 6.45) is 0. The standard InChI is InChI=1S/C23H31N5O3.HI/c1-24-23(26-12-11-25-22(29)18-5-4-6-21(17-18)31-3)28-15-13-27(14-16-28)19-7-9-20(30-2)10-8-19;/h4-10,17H,11-16H2,1-3H3,(H,24,26)(H,25,29);1H. The van der Waals surface area contributed by atoms with Crippen molar-refractivity contribution in [1.82, 2.24) is 15.5 Å². The van der Waals surface area contributed by atoms with Gasteiger partial charge in [-0.25, -0.2) is 0 Å². The van der Waals surface area contributed by atoms with Crippen molar-refractivity contribution in [3.05, 3.63) is 54.1 Å². The number of rotatable bonds is 7. The Morgan fingerprint density at radius 1 is 0.938 bits per heavy atom. The van der Waals surface area contributed by atoms with Gasteiger partial charge >= 0.3 is 0 Å². The van der Waals surface area contributed by atoms with Crippen LogP contribution in [0.25, 0.3) is 0 Å². The third kappa shape index (κ3) is 6.91. The highest BCUT2D eigenvalue weighted by Crippen LogP contribution is 2.20. The second kappa shape index (κ2) is 13.0. The number of hydrogen-bond donors (Lipinski definition) is 2. The molecule has 2 aromatic carbocycles. The molecule has 1 amide bonds. The number of carbonyl (C=O) groups is 1. The van der Waals surface area contributed by atoms with Crippen molar-refractivity contribution in [3.8, 4) is 11.5 Å². The Bertz CT molecular complexity index is 883. The van der Waals surface area contributed by atoms with Gasteiger partial charge in [0.25, 0.3) is 5.91 Å². The third-order valence-electron chi connectivity index (χ3n) is 5.25. The fourth-order valence-electron chi connectivity index (χ4n) is 3.52. The summed E-state index contributed by atoms with van der Waals surface area (Å²) in [7, 11) is 5.05. The van der Waals surface area contributed by atoms with E-state index in [0.717, 1.165) is 37.9 Å². The molecule has 1 heterocycles. The Labute approximate surface area is 207 Å². The number of nitrogens with one attached hydrogen (secondary N) is 2. The summed E-state index contributed by atoms with van der Waals surface area (Å²) in [4.78, 5) is 21.3. The molecule has 32 heavy (non-hydrogen) atoms. The zero-order valence-electron chi connectivity index (χ0n) is 18.8. The molecular weight excluding hydrogens is 521 g/mol. The van der Waals surface area contributed by atoms with Gasteiger partial charge in [0.05, 0.1) is 14.2 Å². The Kier molecular flexibility index (Phi) is 10.4. The molecule has 9 heteroatoms. The molecule has 8 nitrogen and oxygen atoms in total. The first-order chi connectivity index (χ1) is 15.1. The second-order valence-electron chi connectivity index (χ2n) is 7.13. The Morgan fingerprint density at radius 3 is 2.22 bits per heavy atom. The van der Waals surface area contributed by atoms with Crippen molar-refractivity contribution in [2.45, 2.75) is 0 Å². The number of methoxy groups -OCH3 is 2. The lowest BCUT2D eigenvalue weighted by Crippen LogP contribution is -2.53. The first-order valence-electron chi connectivity index (χ1n) is 10.4. The molecule has 0 atom stereocenters. The van der Waals surface area contributed by atoms with Crippen molar-refractivity contribution >= 4 is 41.5 Å². The zero-order chi connectivity index (χ0) is 22.1. The monoisotopic (exact) mass is 553 g/mol. The van der Waals surface area contributed by atoms with Crippen LogP contribution in [0.2, 0.25) is 0 Å². The predicted octanol–water partition coefficient (Wildman–Crippen LogP) is 2.45. The van der Waals surface area contributed by atoms with Crippen LogP contribution in [-0.2, 0) is 0 Å². The molecule has 1 aliphatic heterocycles. The quantitative estimate of drug-likeness (QED) is 0.238. The van der Waals surface area contributed by atoms with Crippen LogP contribution >= 0.6 is 24.0 Å². The number of benzene rings is 2. The van der Waals surface area contributed by atoms with Crippen LogP contribution in [0.5, 0.6) is 11.5 Å². The molecule has 0 aromatic heterocycles. The van der Waals surface area contributed by atoms with E-state index in [1.54, 1.807) is 39.5 Å². The molecule has 1 saturated heterocycles. The van der Waals surface area contributed by atoms with Gasteiger partial charge in [0.15, 0.2) is 5.96 Å². The number of nitrogens with zero attached hydrogens (tertiary/aromatic N) is 3. The predicted molar refractivity (Wildman–Crippen MR) is 139 cm³/mol. The van der Waals surface area contributed by atoms with Gasteiger partial charge in [0, 0.05) is 57.6 Å². The van der Waals surface area contributed by atoms with Gasteiger partial charge in [0.1, 0.15) is 11.5 Å². The van der Waals surface area contributed by atoms with Gasteiger partial charge in [-0.2, -0.15) is 0 Å². The van der Waals surface area contributed by atoms with Crippen LogP contribution in [0.1, 0.15) is 10.4 Å². The minimum absolute atomic E-state index is 0. The summed E-state index contributed by atoms with van der Waals surface area (Å²) in [5, 5.41) is 6.26. The van der Waals surface area contributed by atoms with Crippen LogP contribution < -0.4 is 25.0 Å². The van der Waals surface area contributed by atoms with Gasteiger partial charge in [-0.15, -0.1) is 24.0 Å². The average molecular weight is 553 g/mol.